The van der Waals surface area contributed by atoms with Gasteiger partial charge in [0.15, 0.2) is 0 Å². The molecule has 2 aromatic rings. The standard InChI is InChI=1S/C14H15FN2O2S/c1-8-13(20-9(2)17-8)5-6-16-14(19)11-4-3-10(18)7-12(11)15/h3-4,7,18H,5-6H2,1-2H3,(H,16,19). The van der Waals surface area contributed by atoms with Gasteiger partial charge < -0.3 is 10.4 Å². The van der Waals surface area contributed by atoms with Crippen molar-refractivity contribution in [3.8, 4) is 5.75 Å². The minimum Gasteiger partial charge on any atom is -0.508 e. The van der Waals surface area contributed by atoms with Gasteiger partial charge in [-0.2, -0.15) is 0 Å². The van der Waals surface area contributed by atoms with Gasteiger partial charge in [0.05, 0.1) is 16.3 Å². The average Bonchev–Trinajstić information content (AvgIpc) is 2.67. The number of phenolic OH excluding ortho intramolecular Hbond substituents is 1. The summed E-state index contributed by atoms with van der Waals surface area (Å²) in [6, 6.07) is 3.47. The van der Waals surface area contributed by atoms with Crippen molar-refractivity contribution < 1.29 is 14.3 Å². The van der Waals surface area contributed by atoms with Gasteiger partial charge in [-0.3, -0.25) is 4.79 Å². The molecule has 0 aliphatic heterocycles. The van der Waals surface area contributed by atoms with E-state index < -0.39 is 11.7 Å². The lowest BCUT2D eigenvalue weighted by atomic mass is 10.2. The minimum absolute atomic E-state index is 0.0694. The SMILES string of the molecule is Cc1nc(C)c(CCNC(=O)c2ccc(O)cc2F)s1. The quantitative estimate of drug-likeness (QED) is 0.911. The van der Waals surface area contributed by atoms with Crippen LogP contribution in [0.5, 0.6) is 5.75 Å². The van der Waals surface area contributed by atoms with E-state index in [2.05, 4.69) is 10.3 Å². The van der Waals surface area contributed by atoms with E-state index in [1.165, 1.54) is 12.1 Å². The van der Waals surface area contributed by atoms with Crippen molar-refractivity contribution in [3.63, 3.8) is 0 Å². The molecular weight excluding hydrogens is 279 g/mol. The summed E-state index contributed by atoms with van der Waals surface area (Å²) in [5.41, 5.74) is 0.901. The van der Waals surface area contributed by atoms with E-state index >= 15 is 0 Å². The fraction of sp³-hybridized carbons (Fsp3) is 0.286. The Morgan fingerprint density at radius 3 is 2.80 bits per heavy atom. The zero-order chi connectivity index (χ0) is 14.7. The summed E-state index contributed by atoms with van der Waals surface area (Å²) in [4.78, 5) is 17.2. The second-order valence-corrected chi connectivity index (χ2v) is 5.70. The lowest BCUT2D eigenvalue weighted by Gasteiger charge is -2.06. The van der Waals surface area contributed by atoms with E-state index in [1.807, 2.05) is 13.8 Å². The molecule has 6 heteroatoms. The van der Waals surface area contributed by atoms with E-state index in [4.69, 9.17) is 5.11 Å². The predicted molar refractivity (Wildman–Crippen MR) is 75.7 cm³/mol. The third kappa shape index (κ3) is 3.33. The number of carbonyl (C=O) groups excluding carboxylic acids is 1. The number of amides is 1. The molecule has 0 bridgehead atoms. The lowest BCUT2D eigenvalue weighted by Crippen LogP contribution is -2.26. The normalized spacial score (nSPS) is 10.6. The zero-order valence-electron chi connectivity index (χ0n) is 11.2. The molecule has 0 unspecified atom stereocenters. The molecule has 0 aliphatic carbocycles. The number of carbonyl (C=O) groups is 1. The number of phenols is 1. The number of nitrogens with one attached hydrogen (secondary N) is 1. The van der Waals surface area contributed by atoms with Crippen LogP contribution in [0, 0.1) is 19.7 Å². The van der Waals surface area contributed by atoms with Crippen LogP contribution in [0.2, 0.25) is 0 Å². The van der Waals surface area contributed by atoms with Gasteiger partial charge in [0, 0.05) is 23.9 Å². The van der Waals surface area contributed by atoms with Crippen molar-refractivity contribution in [2.45, 2.75) is 20.3 Å². The zero-order valence-corrected chi connectivity index (χ0v) is 12.1. The number of aryl methyl sites for hydroxylation is 2. The maximum absolute atomic E-state index is 13.5. The van der Waals surface area contributed by atoms with Gasteiger partial charge in [-0.1, -0.05) is 0 Å². The first-order valence-electron chi connectivity index (χ1n) is 6.17. The monoisotopic (exact) mass is 294 g/mol. The van der Waals surface area contributed by atoms with Crippen molar-refractivity contribution in [1.82, 2.24) is 10.3 Å². The largest absolute Gasteiger partial charge is 0.508 e. The molecule has 1 aromatic heterocycles. The number of benzene rings is 1. The van der Waals surface area contributed by atoms with Crippen molar-refractivity contribution in [3.05, 3.63) is 45.2 Å². The lowest BCUT2D eigenvalue weighted by molar-refractivity contribution is 0.0950. The first-order chi connectivity index (χ1) is 9.47. The predicted octanol–water partition coefficient (Wildman–Crippen LogP) is 2.58. The first-order valence-corrected chi connectivity index (χ1v) is 6.98. The molecule has 0 aliphatic rings. The van der Waals surface area contributed by atoms with Gasteiger partial charge in [0.2, 0.25) is 0 Å². The highest BCUT2D eigenvalue weighted by Crippen LogP contribution is 2.17. The summed E-state index contributed by atoms with van der Waals surface area (Å²) in [6.45, 7) is 4.29. The summed E-state index contributed by atoms with van der Waals surface area (Å²) in [7, 11) is 0. The first kappa shape index (κ1) is 14.5. The highest BCUT2D eigenvalue weighted by Gasteiger charge is 2.12. The van der Waals surface area contributed by atoms with E-state index in [1.54, 1.807) is 11.3 Å². The molecule has 0 saturated heterocycles. The Balaban J connectivity index is 1.94. The molecule has 0 atom stereocenters. The van der Waals surface area contributed by atoms with Crippen LogP contribution in [0.4, 0.5) is 4.39 Å². The highest BCUT2D eigenvalue weighted by molar-refractivity contribution is 7.11. The van der Waals surface area contributed by atoms with Crippen molar-refractivity contribution in [1.29, 1.82) is 0 Å². The summed E-state index contributed by atoms with van der Waals surface area (Å²) in [5.74, 6) is -1.41. The van der Waals surface area contributed by atoms with Crippen LogP contribution in [0.1, 0.15) is 25.9 Å². The van der Waals surface area contributed by atoms with Crippen LogP contribution in [0.15, 0.2) is 18.2 Å². The number of rotatable bonds is 4. The molecule has 1 aromatic carbocycles. The van der Waals surface area contributed by atoms with Crippen LogP contribution in [0.3, 0.4) is 0 Å². The van der Waals surface area contributed by atoms with Crippen molar-refractivity contribution in [2.75, 3.05) is 6.54 Å². The molecule has 1 amide bonds. The number of halogens is 1. The molecule has 0 spiro atoms. The summed E-state index contributed by atoms with van der Waals surface area (Å²) in [6.07, 6.45) is 0.669. The van der Waals surface area contributed by atoms with Crippen LogP contribution in [-0.2, 0) is 6.42 Å². The number of hydrogen-bond donors (Lipinski definition) is 2. The van der Waals surface area contributed by atoms with Crippen LogP contribution < -0.4 is 5.32 Å². The topological polar surface area (TPSA) is 62.2 Å². The van der Waals surface area contributed by atoms with E-state index in [9.17, 15) is 9.18 Å². The maximum Gasteiger partial charge on any atom is 0.254 e. The Labute approximate surface area is 120 Å². The highest BCUT2D eigenvalue weighted by atomic mass is 32.1. The molecule has 0 saturated carbocycles. The van der Waals surface area contributed by atoms with Gasteiger partial charge in [0.1, 0.15) is 11.6 Å². The third-order valence-corrected chi connectivity index (χ3v) is 3.97. The van der Waals surface area contributed by atoms with Crippen molar-refractivity contribution in [2.24, 2.45) is 0 Å². The second-order valence-electron chi connectivity index (χ2n) is 4.41. The number of nitrogens with zero attached hydrogens (tertiary/aromatic N) is 1. The van der Waals surface area contributed by atoms with Gasteiger partial charge >= 0.3 is 0 Å². The van der Waals surface area contributed by atoms with E-state index in [0.29, 0.717) is 13.0 Å². The number of hydrogen-bond acceptors (Lipinski definition) is 4. The van der Waals surface area contributed by atoms with E-state index in [0.717, 1.165) is 21.6 Å². The van der Waals surface area contributed by atoms with Gasteiger partial charge in [-0.05, 0) is 26.0 Å². The Morgan fingerprint density at radius 2 is 2.20 bits per heavy atom. The smallest absolute Gasteiger partial charge is 0.254 e. The Kier molecular flexibility index (Phi) is 4.34. The van der Waals surface area contributed by atoms with Gasteiger partial charge in [-0.25, -0.2) is 9.37 Å². The van der Waals surface area contributed by atoms with Crippen LogP contribution in [-0.4, -0.2) is 22.5 Å². The Bertz CT molecular complexity index is 640. The molecule has 0 fully saturated rings. The molecule has 2 rings (SSSR count). The van der Waals surface area contributed by atoms with Crippen molar-refractivity contribution >= 4 is 17.2 Å². The summed E-state index contributed by atoms with van der Waals surface area (Å²) >= 11 is 1.60. The molecule has 2 N–H and O–H groups in total. The molecule has 1 heterocycles. The summed E-state index contributed by atoms with van der Waals surface area (Å²) < 4.78 is 13.5. The minimum atomic E-state index is -0.729. The molecule has 4 nitrogen and oxygen atoms in total. The average molecular weight is 294 g/mol. The van der Waals surface area contributed by atoms with Gasteiger partial charge in [0.25, 0.3) is 5.91 Å². The number of thiazole rings is 1. The van der Waals surface area contributed by atoms with E-state index in [-0.39, 0.29) is 11.3 Å². The molecule has 20 heavy (non-hydrogen) atoms. The number of aromatic nitrogens is 1. The second kappa shape index (κ2) is 6.00. The Hall–Kier alpha value is -1.95. The Morgan fingerprint density at radius 1 is 1.45 bits per heavy atom. The number of aromatic hydroxyl groups is 1. The fourth-order valence-electron chi connectivity index (χ4n) is 1.88. The molecule has 0 radical (unpaired) electrons. The fourth-order valence-corrected chi connectivity index (χ4v) is 2.82. The third-order valence-electron chi connectivity index (χ3n) is 2.83. The molecule has 106 valence electrons. The van der Waals surface area contributed by atoms with Crippen LogP contribution >= 0.6 is 11.3 Å². The van der Waals surface area contributed by atoms with Crippen LogP contribution in [0.25, 0.3) is 0 Å². The van der Waals surface area contributed by atoms with Gasteiger partial charge in [-0.15, -0.1) is 11.3 Å². The summed E-state index contributed by atoms with van der Waals surface area (Å²) in [5, 5.41) is 12.8. The molecular formula is C14H15FN2O2S. The maximum atomic E-state index is 13.5.